The number of fused-ring (bicyclic) bond motifs is 1. The molecule has 0 aromatic heterocycles. The molecule has 0 saturated heterocycles. The first-order valence-electron chi connectivity index (χ1n) is 5.92. The van der Waals surface area contributed by atoms with E-state index >= 15 is 0 Å². The lowest BCUT2D eigenvalue weighted by atomic mass is 9.84. The fourth-order valence-electron chi connectivity index (χ4n) is 2.53. The number of likely N-dealkylation sites (N-methyl/N-ethyl adjacent to an activating group) is 1. The van der Waals surface area contributed by atoms with E-state index in [2.05, 4.69) is 62.7 Å². The quantitative estimate of drug-likeness (QED) is 0.687. The minimum atomic E-state index is 0.0663. The molecule has 1 heteroatoms. The number of rotatable bonds is 2. The lowest BCUT2D eigenvalue weighted by Crippen LogP contribution is -2.22. The molecular weight excluding hydrogens is 206 g/mol. The van der Waals surface area contributed by atoms with E-state index in [1.807, 2.05) is 12.2 Å². The predicted molar refractivity (Wildman–Crippen MR) is 75.3 cm³/mol. The molecular formula is C16H19N. The van der Waals surface area contributed by atoms with Gasteiger partial charge in [0.05, 0.1) is 0 Å². The van der Waals surface area contributed by atoms with Crippen molar-refractivity contribution < 1.29 is 0 Å². The number of allylic oxidation sites excluding steroid dienone is 5. The molecule has 0 radical (unpaired) electrons. The topological polar surface area (TPSA) is 3.24 Å². The van der Waals surface area contributed by atoms with E-state index in [0.29, 0.717) is 0 Å². The maximum atomic E-state index is 3.69. The van der Waals surface area contributed by atoms with Crippen LogP contribution in [-0.2, 0) is 5.41 Å². The van der Waals surface area contributed by atoms with Gasteiger partial charge in [-0.05, 0) is 17.7 Å². The summed E-state index contributed by atoms with van der Waals surface area (Å²) in [6.45, 7) is 8.22. The molecule has 1 nitrogen and oxygen atoms in total. The summed E-state index contributed by atoms with van der Waals surface area (Å²) in [5.74, 6) is 0. The van der Waals surface area contributed by atoms with E-state index in [4.69, 9.17) is 0 Å². The van der Waals surface area contributed by atoms with Crippen LogP contribution >= 0.6 is 0 Å². The van der Waals surface area contributed by atoms with Gasteiger partial charge < -0.3 is 4.90 Å². The highest BCUT2D eigenvalue weighted by Crippen LogP contribution is 2.46. The highest BCUT2D eigenvalue weighted by molar-refractivity contribution is 5.70. The van der Waals surface area contributed by atoms with E-state index in [1.165, 1.54) is 16.9 Å². The first kappa shape index (κ1) is 11.7. The molecule has 0 N–H and O–H groups in total. The van der Waals surface area contributed by atoms with Crippen LogP contribution in [0.5, 0.6) is 0 Å². The molecule has 1 heterocycles. The minimum Gasteiger partial charge on any atom is -0.347 e. The molecule has 1 aliphatic rings. The minimum absolute atomic E-state index is 0.0663. The summed E-state index contributed by atoms with van der Waals surface area (Å²) in [6, 6.07) is 8.59. The molecule has 0 unspecified atom stereocenters. The lowest BCUT2D eigenvalue weighted by molar-refractivity contribution is 0.640. The van der Waals surface area contributed by atoms with Crippen LogP contribution in [0.15, 0.2) is 60.8 Å². The number of nitrogens with zero attached hydrogens (tertiary/aromatic N) is 1. The van der Waals surface area contributed by atoms with Crippen molar-refractivity contribution in [1.82, 2.24) is 0 Å². The van der Waals surface area contributed by atoms with Gasteiger partial charge in [-0.1, -0.05) is 56.9 Å². The van der Waals surface area contributed by atoms with Crippen molar-refractivity contribution in [2.45, 2.75) is 19.3 Å². The summed E-state index contributed by atoms with van der Waals surface area (Å²) in [5.41, 5.74) is 4.07. The van der Waals surface area contributed by atoms with Crippen molar-refractivity contribution in [1.29, 1.82) is 0 Å². The van der Waals surface area contributed by atoms with Gasteiger partial charge in [0.1, 0.15) is 0 Å². The average molecular weight is 225 g/mol. The SMILES string of the molecule is C=C/C=C/C=C1\N(C)c2ccccc2C1(C)C. The smallest absolute Gasteiger partial charge is 0.0447 e. The van der Waals surface area contributed by atoms with Crippen molar-refractivity contribution in [2.24, 2.45) is 0 Å². The third-order valence-electron chi connectivity index (χ3n) is 3.44. The molecule has 1 aliphatic heterocycles. The van der Waals surface area contributed by atoms with Crippen LogP contribution < -0.4 is 4.90 Å². The van der Waals surface area contributed by atoms with Gasteiger partial charge in [0.15, 0.2) is 0 Å². The first-order chi connectivity index (χ1) is 8.09. The molecule has 1 aromatic rings. The zero-order chi connectivity index (χ0) is 12.5. The van der Waals surface area contributed by atoms with Crippen molar-refractivity contribution in [3.05, 3.63) is 66.4 Å². The van der Waals surface area contributed by atoms with Crippen LogP contribution in [0.4, 0.5) is 5.69 Å². The Balaban J connectivity index is 2.50. The summed E-state index contributed by atoms with van der Waals surface area (Å²) in [6.07, 6.45) is 7.97. The van der Waals surface area contributed by atoms with Crippen molar-refractivity contribution in [3.8, 4) is 0 Å². The second-order valence-electron chi connectivity index (χ2n) is 4.87. The van der Waals surface area contributed by atoms with Crippen LogP contribution in [-0.4, -0.2) is 7.05 Å². The molecule has 0 saturated carbocycles. The molecule has 0 aliphatic carbocycles. The molecule has 0 fully saturated rings. The zero-order valence-electron chi connectivity index (χ0n) is 10.8. The van der Waals surface area contributed by atoms with Crippen LogP contribution in [0.1, 0.15) is 19.4 Å². The summed E-state index contributed by atoms with van der Waals surface area (Å²) >= 11 is 0. The Morgan fingerprint density at radius 1 is 1.18 bits per heavy atom. The van der Waals surface area contributed by atoms with Gasteiger partial charge in [-0.25, -0.2) is 0 Å². The van der Waals surface area contributed by atoms with Crippen LogP contribution in [0.2, 0.25) is 0 Å². The third-order valence-corrected chi connectivity index (χ3v) is 3.44. The molecule has 0 amide bonds. The predicted octanol–water partition coefficient (Wildman–Crippen LogP) is 4.04. The number of hydrogen-bond donors (Lipinski definition) is 0. The monoisotopic (exact) mass is 225 g/mol. The normalized spacial score (nSPS) is 19.9. The summed E-state index contributed by atoms with van der Waals surface area (Å²) in [5, 5.41) is 0. The number of benzene rings is 1. The Kier molecular flexibility index (Phi) is 2.93. The van der Waals surface area contributed by atoms with Crippen LogP contribution in [0, 0.1) is 0 Å². The second-order valence-corrected chi connectivity index (χ2v) is 4.87. The van der Waals surface area contributed by atoms with E-state index in [0.717, 1.165) is 0 Å². The fourth-order valence-corrected chi connectivity index (χ4v) is 2.53. The highest BCUT2D eigenvalue weighted by Gasteiger charge is 2.37. The average Bonchev–Trinajstić information content (AvgIpc) is 2.51. The van der Waals surface area contributed by atoms with E-state index in [1.54, 1.807) is 6.08 Å². The van der Waals surface area contributed by atoms with Crippen LogP contribution in [0.25, 0.3) is 0 Å². The maximum Gasteiger partial charge on any atom is 0.0447 e. The van der Waals surface area contributed by atoms with Gasteiger partial charge in [0.25, 0.3) is 0 Å². The van der Waals surface area contributed by atoms with Crippen LogP contribution in [0.3, 0.4) is 0 Å². The second kappa shape index (κ2) is 4.25. The van der Waals surface area contributed by atoms with E-state index in [-0.39, 0.29) is 5.41 Å². The van der Waals surface area contributed by atoms with E-state index in [9.17, 15) is 0 Å². The van der Waals surface area contributed by atoms with Gasteiger partial charge in [0, 0.05) is 23.8 Å². The fraction of sp³-hybridized carbons (Fsp3) is 0.250. The van der Waals surface area contributed by atoms with E-state index < -0.39 is 0 Å². The Labute approximate surface area is 104 Å². The van der Waals surface area contributed by atoms with Crippen molar-refractivity contribution in [2.75, 3.05) is 11.9 Å². The summed E-state index contributed by atoms with van der Waals surface area (Å²) < 4.78 is 0. The molecule has 2 rings (SSSR count). The summed E-state index contributed by atoms with van der Waals surface area (Å²) in [7, 11) is 2.13. The lowest BCUT2D eigenvalue weighted by Gasteiger charge is -2.23. The van der Waals surface area contributed by atoms with Gasteiger partial charge in [-0.3, -0.25) is 0 Å². The number of anilines is 1. The maximum absolute atomic E-state index is 3.69. The van der Waals surface area contributed by atoms with Gasteiger partial charge >= 0.3 is 0 Å². The van der Waals surface area contributed by atoms with Crippen molar-refractivity contribution >= 4 is 5.69 Å². The molecule has 0 bridgehead atoms. The summed E-state index contributed by atoms with van der Waals surface area (Å²) in [4.78, 5) is 2.27. The zero-order valence-corrected chi connectivity index (χ0v) is 10.8. The molecule has 1 aromatic carbocycles. The van der Waals surface area contributed by atoms with Gasteiger partial charge in [0.2, 0.25) is 0 Å². The Morgan fingerprint density at radius 2 is 1.88 bits per heavy atom. The molecule has 0 atom stereocenters. The molecule has 17 heavy (non-hydrogen) atoms. The van der Waals surface area contributed by atoms with Crippen molar-refractivity contribution in [3.63, 3.8) is 0 Å². The highest BCUT2D eigenvalue weighted by atomic mass is 15.2. The van der Waals surface area contributed by atoms with Gasteiger partial charge in [-0.2, -0.15) is 0 Å². The largest absolute Gasteiger partial charge is 0.347 e. The number of hydrogen-bond acceptors (Lipinski definition) is 1. The Bertz CT molecular complexity index is 492. The van der Waals surface area contributed by atoms with Gasteiger partial charge in [-0.15, -0.1) is 0 Å². The Hall–Kier alpha value is -1.76. The third kappa shape index (κ3) is 1.82. The molecule has 88 valence electrons. The standard InChI is InChI=1S/C16H19N/c1-5-6-7-12-15-16(2,3)13-10-8-9-11-14(13)17(15)4/h5-12H,1H2,2-4H3/b7-6+,15-12-. The first-order valence-corrected chi connectivity index (χ1v) is 5.92. The molecule has 0 spiro atoms. The Morgan fingerprint density at radius 3 is 2.53 bits per heavy atom. The number of para-hydroxylation sites is 1.